The second-order valence-electron chi connectivity index (χ2n) is 5.27. The van der Waals surface area contributed by atoms with E-state index in [2.05, 4.69) is 11.1 Å². The molecule has 1 aromatic heterocycles. The van der Waals surface area contributed by atoms with Crippen LogP contribution in [0.4, 0.5) is 5.69 Å². The molecule has 3 aromatic rings. The standard InChI is InChI=1S/C19H17N3OS/c1-2-22(14-8-4-3-5-9-14)13-17(23)15(12-20)19-21-16-10-6-7-11-18(16)24-19/h3-11,23H,2,13H2,1H3/b17-15-. The molecular weight excluding hydrogens is 318 g/mol. The first-order valence-corrected chi connectivity index (χ1v) is 8.52. The first kappa shape index (κ1) is 16.0. The largest absolute Gasteiger partial charge is 0.509 e. The van der Waals surface area contributed by atoms with E-state index in [1.54, 1.807) is 0 Å². The zero-order chi connectivity index (χ0) is 16.9. The van der Waals surface area contributed by atoms with Gasteiger partial charge in [0.15, 0.2) is 0 Å². The van der Waals surface area contributed by atoms with Crippen molar-refractivity contribution >= 4 is 32.8 Å². The highest BCUT2D eigenvalue weighted by atomic mass is 32.1. The molecule has 0 spiro atoms. The lowest BCUT2D eigenvalue weighted by atomic mass is 10.2. The van der Waals surface area contributed by atoms with Gasteiger partial charge >= 0.3 is 0 Å². The van der Waals surface area contributed by atoms with Gasteiger partial charge in [-0.15, -0.1) is 11.3 Å². The fraction of sp³-hybridized carbons (Fsp3) is 0.158. The first-order chi connectivity index (χ1) is 11.7. The Hall–Kier alpha value is -2.84. The minimum absolute atomic E-state index is 0.0438. The highest BCUT2D eigenvalue weighted by Gasteiger charge is 2.16. The van der Waals surface area contributed by atoms with E-state index in [0.29, 0.717) is 5.01 Å². The van der Waals surface area contributed by atoms with Crippen LogP contribution < -0.4 is 4.90 Å². The minimum atomic E-state index is 0.0438. The van der Waals surface area contributed by atoms with Crippen LogP contribution in [-0.2, 0) is 0 Å². The van der Waals surface area contributed by atoms with E-state index in [0.717, 1.165) is 22.4 Å². The molecule has 0 saturated carbocycles. The number of para-hydroxylation sites is 2. The molecule has 0 atom stereocenters. The number of benzene rings is 2. The van der Waals surface area contributed by atoms with E-state index in [9.17, 15) is 10.4 Å². The summed E-state index contributed by atoms with van der Waals surface area (Å²) in [6.07, 6.45) is 0. The maximum Gasteiger partial charge on any atom is 0.138 e. The molecule has 0 fully saturated rings. The molecule has 0 aliphatic heterocycles. The molecule has 0 aliphatic carbocycles. The van der Waals surface area contributed by atoms with Crippen LogP contribution in [0.15, 0.2) is 60.4 Å². The number of likely N-dealkylation sites (N-methyl/N-ethyl adjacent to an activating group) is 1. The molecule has 0 amide bonds. The smallest absolute Gasteiger partial charge is 0.138 e. The van der Waals surface area contributed by atoms with Gasteiger partial charge in [-0.2, -0.15) is 5.26 Å². The van der Waals surface area contributed by atoms with Gasteiger partial charge in [0, 0.05) is 12.2 Å². The molecular formula is C19H17N3OS. The summed E-state index contributed by atoms with van der Waals surface area (Å²) in [6.45, 7) is 3.02. The number of nitrogens with zero attached hydrogens (tertiary/aromatic N) is 3. The van der Waals surface area contributed by atoms with Crippen molar-refractivity contribution < 1.29 is 5.11 Å². The molecule has 5 heteroatoms. The molecule has 24 heavy (non-hydrogen) atoms. The lowest BCUT2D eigenvalue weighted by Gasteiger charge is -2.22. The molecule has 2 aromatic carbocycles. The second kappa shape index (κ2) is 7.16. The summed E-state index contributed by atoms with van der Waals surface area (Å²) < 4.78 is 1.00. The van der Waals surface area contributed by atoms with E-state index in [1.165, 1.54) is 11.3 Å². The van der Waals surface area contributed by atoms with Crippen molar-refractivity contribution in [1.82, 2.24) is 4.98 Å². The molecule has 1 N–H and O–H groups in total. The summed E-state index contributed by atoms with van der Waals surface area (Å²) in [7, 11) is 0. The van der Waals surface area contributed by atoms with E-state index < -0.39 is 0 Å². The number of thiazole rings is 1. The number of aromatic nitrogens is 1. The summed E-state index contributed by atoms with van der Waals surface area (Å²) >= 11 is 1.42. The quantitative estimate of drug-likeness (QED) is 0.546. The summed E-state index contributed by atoms with van der Waals surface area (Å²) in [5, 5.41) is 20.6. The number of aliphatic hydroxyl groups excluding tert-OH is 1. The Kier molecular flexibility index (Phi) is 4.78. The molecule has 0 aliphatic rings. The van der Waals surface area contributed by atoms with Crippen LogP contribution in [0.3, 0.4) is 0 Å². The van der Waals surface area contributed by atoms with Crippen LogP contribution in [0, 0.1) is 11.3 Å². The molecule has 1 heterocycles. The predicted octanol–water partition coefficient (Wildman–Crippen LogP) is 4.62. The van der Waals surface area contributed by atoms with Crippen LogP contribution in [0.2, 0.25) is 0 Å². The van der Waals surface area contributed by atoms with E-state index in [4.69, 9.17) is 0 Å². The molecule has 0 radical (unpaired) electrons. The van der Waals surface area contributed by atoms with Crippen molar-refractivity contribution in [1.29, 1.82) is 5.26 Å². The highest BCUT2D eigenvalue weighted by molar-refractivity contribution is 7.19. The van der Waals surface area contributed by atoms with Crippen molar-refractivity contribution in [2.75, 3.05) is 18.0 Å². The van der Waals surface area contributed by atoms with Gasteiger partial charge < -0.3 is 10.0 Å². The Bertz CT molecular complexity index is 876. The number of anilines is 1. The third-order valence-electron chi connectivity index (χ3n) is 3.75. The van der Waals surface area contributed by atoms with Gasteiger partial charge in [0.1, 0.15) is 22.4 Å². The Morgan fingerprint density at radius 3 is 2.54 bits per heavy atom. The van der Waals surface area contributed by atoms with Gasteiger partial charge in [-0.25, -0.2) is 4.98 Å². The van der Waals surface area contributed by atoms with Crippen molar-refractivity contribution in [3.05, 3.63) is 65.4 Å². The van der Waals surface area contributed by atoms with Crippen molar-refractivity contribution in [3.63, 3.8) is 0 Å². The van der Waals surface area contributed by atoms with Crippen molar-refractivity contribution in [3.8, 4) is 6.07 Å². The Balaban J connectivity index is 1.94. The lowest BCUT2D eigenvalue weighted by molar-refractivity contribution is 0.403. The van der Waals surface area contributed by atoms with Gasteiger partial charge in [-0.05, 0) is 31.2 Å². The molecule has 4 nitrogen and oxygen atoms in total. The number of hydrogen-bond donors (Lipinski definition) is 1. The predicted molar refractivity (Wildman–Crippen MR) is 99.1 cm³/mol. The van der Waals surface area contributed by atoms with Crippen LogP contribution in [0.1, 0.15) is 11.9 Å². The number of allylic oxidation sites excluding steroid dienone is 1. The Morgan fingerprint density at radius 1 is 1.17 bits per heavy atom. The molecule has 3 rings (SSSR count). The highest BCUT2D eigenvalue weighted by Crippen LogP contribution is 2.28. The summed E-state index contributed by atoms with van der Waals surface area (Å²) in [6, 6.07) is 19.7. The van der Waals surface area contributed by atoms with Crippen LogP contribution in [-0.4, -0.2) is 23.2 Å². The third-order valence-corrected chi connectivity index (χ3v) is 4.81. The normalized spacial score (nSPS) is 11.8. The van der Waals surface area contributed by atoms with Crippen LogP contribution >= 0.6 is 11.3 Å². The van der Waals surface area contributed by atoms with Crippen molar-refractivity contribution in [2.24, 2.45) is 0 Å². The molecule has 0 unspecified atom stereocenters. The maximum atomic E-state index is 10.5. The van der Waals surface area contributed by atoms with Gasteiger partial charge in [0.05, 0.1) is 16.8 Å². The van der Waals surface area contributed by atoms with Gasteiger partial charge in [-0.1, -0.05) is 30.3 Å². The molecule has 0 saturated heterocycles. The number of nitriles is 1. The average Bonchev–Trinajstić information content (AvgIpc) is 3.04. The molecule has 120 valence electrons. The zero-order valence-corrected chi connectivity index (χ0v) is 14.1. The monoisotopic (exact) mass is 335 g/mol. The maximum absolute atomic E-state index is 10.5. The fourth-order valence-electron chi connectivity index (χ4n) is 2.50. The van der Waals surface area contributed by atoms with E-state index in [-0.39, 0.29) is 17.9 Å². The van der Waals surface area contributed by atoms with Crippen molar-refractivity contribution in [2.45, 2.75) is 6.92 Å². The summed E-state index contributed by atoms with van der Waals surface area (Å²) in [5.41, 5.74) is 2.09. The number of rotatable bonds is 5. The zero-order valence-electron chi connectivity index (χ0n) is 13.3. The number of fused-ring (bicyclic) bond motifs is 1. The SMILES string of the molecule is CCN(C/C(O)=C(\C#N)c1nc2ccccc2s1)c1ccccc1. The van der Waals surface area contributed by atoms with Crippen LogP contribution in [0.5, 0.6) is 0 Å². The lowest BCUT2D eigenvalue weighted by Crippen LogP contribution is -2.25. The number of aliphatic hydroxyl groups is 1. The number of hydrogen-bond acceptors (Lipinski definition) is 5. The third kappa shape index (κ3) is 3.24. The fourth-order valence-corrected chi connectivity index (χ4v) is 3.48. The Morgan fingerprint density at radius 2 is 1.88 bits per heavy atom. The Labute approximate surface area is 144 Å². The average molecular weight is 335 g/mol. The van der Waals surface area contributed by atoms with E-state index in [1.807, 2.05) is 66.4 Å². The summed E-state index contributed by atoms with van der Waals surface area (Å²) in [4.78, 5) is 6.48. The van der Waals surface area contributed by atoms with E-state index >= 15 is 0 Å². The van der Waals surface area contributed by atoms with Gasteiger partial charge in [0.25, 0.3) is 0 Å². The summed E-state index contributed by atoms with van der Waals surface area (Å²) in [5.74, 6) is 0.0438. The second-order valence-corrected chi connectivity index (χ2v) is 6.30. The topological polar surface area (TPSA) is 60.1 Å². The van der Waals surface area contributed by atoms with Gasteiger partial charge in [-0.3, -0.25) is 0 Å². The van der Waals surface area contributed by atoms with Crippen LogP contribution in [0.25, 0.3) is 15.8 Å². The first-order valence-electron chi connectivity index (χ1n) is 7.71. The van der Waals surface area contributed by atoms with Gasteiger partial charge in [0.2, 0.25) is 0 Å². The molecule has 0 bridgehead atoms. The minimum Gasteiger partial charge on any atom is -0.509 e.